The van der Waals surface area contributed by atoms with Crippen LogP contribution in [0.25, 0.3) is 11.5 Å². The van der Waals surface area contributed by atoms with Gasteiger partial charge in [0.25, 0.3) is 0 Å². The third-order valence-electron chi connectivity index (χ3n) is 4.27. The van der Waals surface area contributed by atoms with Crippen LogP contribution in [0.1, 0.15) is 30.4 Å². The molecule has 3 aromatic rings. The van der Waals surface area contributed by atoms with Gasteiger partial charge in [-0.1, -0.05) is 35.5 Å². The Balaban J connectivity index is 1.59. The first-order chi connectivity index (χ1) is 12.7. The molecule has 0 unspecified atom stereocenters. The highest BCUT2D eigenvalue weighted by Crippen LogP contribution is 2.14. The SMILES string of the molecule is CCN(Cc1ccccc1C)C(=O)CCc1nc(-c2ccccn2)no1. The van der Waals surface area contributed by atoms with Gasteiger partial charge in [-0.2, -0.15) is 4.98 Å². The molecule has 2 aromatic heterocycles. The molecule has 0 atom stereocenters. The summed E-state index contributed by atoms with van der Waals surface area (Å²) in [4.78, 5) is 22.9. The van der Waals surface area contributed by atoms with Gasteiger partial charge in [0.15, 0.2) is 0 Å². The van der Waals surface area contributed by atoms with Crippen molar-refractivity contribution in [1.82, 2.24) is 20.0 Å². The molecule has 6 nitrogen and oxygen atoms in total. The summed E-state index contributed by atoms with van der Waals surface area (Å²) in [6.07, 6.45) is 2.44. The zero-order valence-electron chi connectivity index (χ0n) is 15.1. The number of carbonyl (C=O) groups is 1. The van der Waals surface area contributed by atoms with Gasteiger partial charge < -0.3 is 9.42 Å². The van der Waals surface area contributed by atoms with Crippen LogP contribution < -0.4 is 0 Å². The normalized spacial score (nSPS) is 10.7. The smallest absolute Gasteiger partial charge is 0.227 e. The van der Waals surface area contributed by atoms with Crippen LogP contribution in [0.3, 0.4) is 0 Å². The molecule has 2 heterocycles. The van der Waals surface area contributed by atoms with E-state index in [-0.39, 0.29) is 5.91 Å². The number of aromatic nitrogens is 3. The van der Waals surface area contributed by atoms with Crippen LogP contribution in [-0.2, 0) is 17.8 Å². The fraction of sp³-hybridized carbons (Fsp3) is 0.300. The van der Waals surface area contributed by atoms with Crippen LogP contribution in [-0.4, -0.2) is 32.5 Å². The molecular weight excluding hydrogens is 328 g/mol. The Bertz CT molecular complexity index is 861. The summed E-state index contributed by atoms with van der Waals surface area (Å²) in [5, 5.41) is 3.94. The first-order valence-corrected chi connectivity index (χ1v) is 8.73. The van der Waals surface area contributed by atoms with E-state index in [9.17, 15) is 4.79 Å². The van der Waals surface area contributed by atoms with Gasteiger partial charge in [0.2, 0.25) is 17.6 Å². The second kappa shape index (κ2) is 8.38. The average molecular weight is 350 g/mol. The molecule has 6 heteroatoms. The standard InChI is InChI=1S/C20H22N4O2/c1-3-24(14-16-9-5-4-8-15(16)2)19(25)12-11-18-22-20(23-26-18)17-10-6-7-13-21-17/h4-10,13H,3,11-12,14H2,1-2H3. The molecule has 0 saturated heterocycles. The van der Waals surface area contributed by atoms with Crippen molar-refractivity contribution in [1.29, 1.82) is 0 Å². The maximum absolute atomic E-state index is 12.6. The number of benzene rings is 1. The van der Waals surface area contributed by atoms with Gasteiger partial charge in [0.1, 0.15) is 5.69 Å². The van der Waals surface area contributed by atoms with Crippen molar-refractivity contribution in [2.75, 3.05) is 6.54 Å². The number of nitrogens with zero attached hydrogens (tertiary/aromatic N) is 4. The van der Waals surface area contributed by atoms with Gasteiger partial charge >= 0.3 is 0 Å². The molecule has 134 valence electrons. The van der Waals surface area contributed by atoms with Crippen LogP contribution in [0.4, 0.5) is 0 Å². The number of rotatable bonds is 7. The molecule has 3 rings (SSSR count). The summed E-state index contributed by atoms with van der Waals surface area (Å²) in [7, 11) is 0. The molecule has 0 aliphatic carbocycles. The molecule has 0 saturated carbocycles. The highest BCUT2D eigenvalue weighted by molar-refractivity contribution is 5.76. The molecule has 1 amide bonds. The lowest BCUT2D eigenvalue weighted by Gasteiger charge is -2.21. The van der Waals surface area contributed by atoms with E-state index in [0.29, 0.717) is 43.3 Å². The highest BCUT2D eigenvalue weighted by atomic mass is 16.5. The number of amides is 1. The number of pyridine rings is 1. The molecule has 0 aliphatic heterocycles. The zero-order chi connectivity index (χ0) is 18.4. The Hall–Kier alpha value is -3.02. The minimum absolute atomic E-state index is 0.0772. The summed E-state index contributed by atoms with van der Waals surface area (Å²) < 4.78 is 5.25. The molecule has 0 spiro atoms. The van der Waals surface area contributed by atoms with Crippen LogP contribution in [0.5, 0.6) is 0 Å². The van der Waals surface area contributed by atoms with E-state index in [1.165, 1.54) is 5.56 Å². The number of carbonyl (C=O) groups excluding carboxylic acids is 1. The lowest BCUT2D eigenvalue weighted by Crippen LogP contribution is -2.30. The summed E-state index contributed by atoms with van der Waals surface area (Å²) in [5.74, 6) is 0.972. The molecule has 0 radical (unpaired) electrons. The largest absolute Gasteiger partial charge is 0.339 e. The average Bonchev–Trinajstić information content (AvgIpc) is 3.15. The molecule has 0 bridgehead atoms. The Morgan fingerprint density at radius 2 is 1.96 bits per heavy atom. The fourth-order valence-corrected chi connectivity index (χ4v) is 2.70. The predicted octanol–water partition coefficient (Wildman–Crippen LogP) is 3.42. The van der Waals surface area contributed by atoms with Crippen LogP contribution >= 0.6 is 0 Å². The Labute approximate surface area is 152 Å². The third kappa shape index (κ3) is 4.33. The summed E-state index contributed by atoms with van der Waals surface area (Å²) >= 11 is 0. The highest BCUT2D eigenvalue weighted by Gasteiger charge is 2.16. The first-order valence-electron chi connectivity index (χ1n) is 8.73. The minimum atomic E-state index is 0.0772. The molecule has 1 aromatic carbocycles. The second-order valence-electron chi connectivity index (χ2n) is 6.06. The Morgan fingerprint density at radius 1 is 1.15 bits per heavy atom. The Morgan fingerprint density at radius 3 is 2.69 bits per heavy atom. The summed E-state index contributed by atoms with van der Waals surface area (Å²) in [6.45, 7) is 5.33. The predicted molar refractivity (Wildman–Crippen MR) is 98.1 cm³/mol. The van der Waals surface area contributed by atoms with Gasteiger partial charge in [0.05, 0.1) is 0 Å². The van der Waals surface area contributed by atoms with E-state index in [2.05, 4.69) is 34.2 Å². The molecule has 0 N–H and O–H groups in total. The van der Waals surface area contributed by atoms with E-state index < -0.39 is 0 Å². The lowest BCUT2D eigenvalue weighted by molar-refractivity contribution is -0.131. The van der Waals surface area contributed by atoms with E-state index in [0.717, 1.165) is 5.56 Å². The maximum atomic E-state index is 12.6. The number of hydrogen-bond acceptors (Lipinski definition) is 5. The molecule has 26 heavy (non-hydrogen) atoms. The van der Waals surface area contributed by atoms with Gasteiger partial charge in [-0.05, 0) is 37.1 Å². The van der Waals surface area contributed by atoms with Gasteiger partial charge in [0, 0.05) is 32.1 Å². The lowest BCUT2D eigenvalue weighted by atomic mass is 10.1. The van der Waals surface area contributed by atoms with Crippen molar-refractivity contribution in [2.45, 2.75) is 33.2 Å². The zero-order valence-corrected chi connectivity index (χ0v) is 15.1. The van der Waals surface area contributed by atoms with E-state index in [4.69, 9.17) is 4.52 Å². The van der Waals surface area contributed by atoms with Crippen LogP contribution in [0.15, 0.2) is 53.2 Å². The monoisotopic (exact) mass is 350 g/mol. The van der Waals surface area contributed by atoms with Crippen molar-refractivity contribution in [3.63, 3.8) is 0 Å². The molecule has 0 fully saturated rings. The van der Waals surface area contributed by atoms with Crippen molar-refractivity contribution in [3.8, 4) is 11.5 Å². The van der Waals surface area contributed by atoms with Crippen molar-refractivity contribution >= 4 is 5.91 Å². The second-order valence-corrected chi connectivity index (χ2v) is 6.06. The topological polar surface area (TPSA) is 72.1 Å². The Kier molecular flexibility index (Phi) is 5.73. The first kappa shape index (κ1) is 17.8. The molecular formula is C20H22N4O2. The fourth-order valence-electron chi connectivity index (χ4n) is 2.70. The van der Waals surface area contributed by atoms with E-state index in [1.807, 2.05) is 42.2 Å². The van der Waals surface area contributed by atoms with Crippen LogP contribution in [0.2, 0.25) is 0 Å². The number of aryl methyl sites for hydroxylation is 2. The van der Waals surface area contributed by atoms with E-state index >= 15 is 0 Å². The quantitative estimate of drug-likeness (QED) is 0.653. The molecule has 0 aliphatic rings. The number of hydrogen-bond donors (Lipinski definition) is 0. The van der Waals surface area contributed by atoms with Crippen LogP contribution in [0, 0.1) is 6.92 Å². The van der Waals surface area contributed by atoms with Crippen molar-refractivity contribution in [2.24, 2.45) is 0 Å². The van der Waals surface area contributed by atoms with E-state index in [1.54, 1.807) is 6.20 Å². The van der Waals surface area contributed by atoms with Crippen molar-refractivity contribution < 1.29 is 9.32 Å². The van der Waals surface area contributed by atoms with Crippen molar-refractivity contribution in [3.05, 3.63) is 65.7 Å². The minimum Gasteiger partial charge on any atom is -0.339 e. The van der Waals surface area contributed by atoms with Gasteiger partial charge in [-0.25, -0.2) is 0 Å². The maximum Gasteiger partial charge on any atom is 0.227 e. The van der Waals surface area contributed by atoms with Gasteiger partial charge in [-0.3, -0.25) is 9.78 Å². The third-order valence-corrected chi connectivity index (χ3v) is 4.27. The summed E-state index contributed by atoms with van der Waals surface area (Å²) in [5.41, 5.74) is 3.01. The van der Waals surface area contributed by atoms with Gasteiger partial charge in [-0.15, -0.1) is 0 Å². The summed E-state index contributed by atoms with van der Waals surface area (Å²) in [6, 6.07) is 13.6.